The number of nitrogens with one attached hydrogen (secondary N) is 1. The zero-order valence-corrected chi connectivity index (χ0v) is 15.3. The van der Waals surface area contributed by atoms with E-state index >= 15 is 0 Å². The van der Waals surface area contributed by atoms with Gasteiger partial charge in [-0.05, 0) is 55.8 Å². The number of thiazole rings is 1. The lowest BCUT2D eigenvalue weighted by atomic mass is 10.2. The largest absolute Gasteiger partial charge is 0.491 e. The first-order chi connectivity index (χ1) is 12.5. The van der Waals surface area contributed by atoms with E-state index in [4.69, 9.17) is 4.74 Å². The average molecular weight is 370 g/mol. The molecular formula is C20H19FN2O2S. The minimum Gasteiger partial charge on any atom is -0.491 e. The van der Waals surface area contributed by atoms with Crippen molar-refractivity contribution in [1.29, 1.82) is 0 Å². The third-order valence-electron chi connectivity index (χ3n) is 3.58. The van der Waals surface area contributed by atoms with Crippen LogP contribution in [0.1, 0.15) is 29.9 Å². The van der Waals surface area contributed by atoms with Gasteiger partial charge in [-0.15, -0.1) is 11.3 Å². The Morgan fingerprint density at radius 3 is 2.50 bits per heavy atom. The summed E-state index contributed by atoms with van der Waals surface area (Å²) in [6, 6.07) is 13.7. The Morgan fingerprint density at radius 2 is 1.85 bits per heavy atom. The molecule has 26 heavy (non-hydrogen) atoms. The monoisotopic (exact) mass is 370 g/mol. The first kappa shape index (κ1) is 18.1. The molecule has 1 N–H and O–H groups in total. The minimum atomic E-state index is -0.297. The van der Waals surface area contributed by atoms with E-state index < -0.39 is 0 Å². The standard InChI is InChI=1S/C20H19FN2O2S/c1-13(2)25-17-9-5-15(6-10-17)20-23-18(12-26-20)19(24)22-11-14-3-7-16(21)8-4-14/h3-10,12-13H,11H2,1-2H3,(H,22,24). The third kappa shape index (κ3) is 4.67. The summed E-state index contributed by atoms with van der Waals surface area (Å²) in [4.78, 5) is 16.6. The van der Waals surface area contributed by atoms with E-state index in [1.165, 1.54) is 23.5 Å². The second-order valence-electron chi connectivity index (χ2n) is 6.04. The van der Waals surface area contributed by atoms with E-state index in [-0.39, 0.29) is 17.8 Å². The van der Waals surface area contributed by atoms with Crippen LogP contribution in [0.25, 0.3) is 10.6 Å². The summed E-state index contributed by atoms with van der Waals surface area (Å²) in [5.41, 5.74) is 2.13. The maximum absolute atomic E-state index is 12.9. The molecule has 2 aromatic carbocycles. The van der Waals surface area contributed by atoms with Crippen molar-refractivity contribution in [3.63, 3.8) is 0 Å². The van der Waals surface area contributed by atoms with Gasteiger partial charge in [-0.2, -0.15) is 0 Å². The number of hydrogen-bond donors (Lipinski definition) is 1. The first-order valence-corrected chi connectivity index (χ1v) is 9.14. The molecule has 0 spiro atoms. The fourth-order valence-electron chi connectivity index (χ4n) is 2.33. The Bertz CT molecular complexity index is 874. The smallest absolute Gasteiger partial charge is 0.271 e. The molecule has 0 saturated heterocycles. The second-order valence-corrected chi connectivity index (χ2v) is 6.90. The number of hydrogen-bond acceptors (Lipinski definition) is 4. The molecule has 1 aromatic heterocycles. The third-order valence-corrected chi connectivity index (χ3v) is 4.47. The van der Waals surface area contributed by atoms with Gasteiger partial charge in [0.05, 0.1) is 6.10 Å². The summed E-state index contributed by atoms with van der Waals surface area (Å²) in [7, 11) is 0. The number of carbonyl (C=O) groups excluding carboxylic acids is 1. The van der Waals surface area contributed by atoms with Gasteiger partial charge in [0, 0.05) is 17.5 Å². The van der Waals surface area contributed by atoms with Crippen LogP contribution in [-0.4, -0.2) is 17.0 Å². The highest BCUT2D eigenvalue weighted by molar-refractivity contribution is 7.13. The van der Waals surface area contributed by atoms with Crippen LogP contribution in [0, 0.1) is 5.82 Å². The molecule has 1 amide bonds. The number of ether oxygens (including phenoxy) is 1. The molecular weight excluding hydrogens is 351 g/mol. The summed E-state index contributed by atoms with van der Waals surface area (Å²) in [5.74, 6) is 0.253. The quantitative estimate of drug-likeness (QED) is 0.686. The number of aromatic nitrogens is 1. The van der Waals surface area contributed by atoms with Crippen LogP contribution in [0.2, 0.25) is 0 Å². The average Bonchev–Trinajstić information content (AvgIpc) is 3.11. The molecule has 6 heteroatoms. The summed E-state index contributed by atoms with van der Waals surface area (Å²) >= 11 is 1.41. The first-order valence-electron chi connectivity index (χ1n) is 8.26. The maximum Gasteiger partial charge on any atom is 0.271 e. The number of carbonyl (C=O) groups is 1. The Morgan fingerprint density at radius 1 is 1.15 bits per heavy atom. The van der Waals surface area contributed by atoms with Gasteiger partial charge in [0.2, 0.25) is 0 Å². The van der Waals surface area contributed by atoms with E-state index in [2.05, 4.69) is 10.3 Å². The van der Waals surface area contributed by atoms with Crippen molar-refractivity contribution >= 4 is 17.2 Å². The zero-order chi connectivity index (χ0) is 18.5. The van der Waals surface area contributed by atoms with Gasteiger partial charge < -0.3 is 10.1 Å². The predicted molar refractivity (Wildman–Crippen MR) is 101 cm³/mol. The lowest BCUT2D eigenvalue weighted by Crippen LogP contribution is -2.23. The van der Waals surface area contributed by atoms with E-state index in [0.29, 0.717) is 12.2 Å². The highest BCUT2D eigenvalue weighted by Gasteiger charge is 2.12. The Labute approximate surface area is 155 Å². The Balaban J connectivity index is 1.63. The molecule has 0 fully saturated rings. The van der Waals surface area contributed by atoms with Crippen LogP contribution in [-0.2, 0) is 6.54 Å². The van der Waals surface area contributed by atoms with Crippen LogP contribution < -0.4 is 10.1 Å². The number of halogens is 1. The van der Waals surface area contributed by atoms with Crippen LogP contribution in [0.3, 0.4) is 0 Å². The van der Waals surface area contributed by atoms with Gasteiger partial charge >= 0.3 is 0 Å². The number of rotatable bonds is 6. The van der Waals surface area contributed by atoms with Gasteiger partial charge in [0.15, 0.2) is 0 Å². The second kappa shape index (κ2) is 8.10. The SMILES string of the molecule is CC(C)Oc1ccc(-c2nc(C(=O)NCc3ccc(F)cc3)cs2)cc1. The number of nitrogens with zero attached hydrogens (tertiary/aromatic N) is 1. The van der Waals surface area contributed by atoms with Crippen molar-refractivity contribution in [2.75, 3.05) is 0 Å². The van der Waals surface area contributed by atoms with Crippen LogP contribution in [0.5, 0.6) is 5.75 Å². The molecule has 1 heterocycles. The number of benzene rings is 2. The Hall–Kier alpha value is -2.73. The molecule has 0 saturated carbocycles. The number of amides is 1. The van der Waals surface area contributed by atoms with Crippen LogP contribution in [0.15, 0.2) is 53.9 Å². The molecule has 3 rings (SSSR count). The van der Waals surface area contributed by atoms with E-state index in [0.717, 1.165) is 21.9 Å². The van der Waals surface area contributed by atoms with Crippen molar-refractivity contribution in [2.45, 2.75) is 26.5 Å². The lowest BCUT2D eigenvalue weighted by molar-refractivity contribution is 0.0946. The zero-order valence-electron chi connectivity index (χ0n) is 14.5. The molecule has 0 aliphatic heterocycles. The van der Waals surface area contributed by atoms with E-state index in [1.54, 1.807) is 17.5 Å². The Kier molecular flexibility index (Phi) is 5.63. The molecule has 3 aromatic rings. The molecule has 0 radical (unpaired) electrons. The maximum atomic E-state index is 12.9. The normalized spacial score (nSPS) is 10.8. The molecule has 0 bridgehead atoms. The van der Waals surface area contributed by atoms with Gasteiger partial charge in [-0.1, -0.05) is 12.1 Å². The fraction of sp³-hybridized carbons (Fsp3) is 0.200. The molecule has 4 nitrogen and oxygen atoms in total. The molecule has 134 valence electrons. The summed E-state index contributed by atoms with van der Waals surface area (Å²) < 4.78 is 18.5. The van der Waals surface area contributed by atoms with Gasteiger partial charge in [0.25, 0.3) is 5.91 Å². The van der Waals surface area contributed by atoms with E-state index in [1.807, 2.05) is 38.1 Å². The van der Waals surface area contributed by atoms with Crippen molar-refractivity contribution in [3.8, 4) is 16.3 Å². The van der Waals surface area contributed by atoms with Gasteiger partial charge in [-0.3, -0.25) is 4.79 Å². The van der Waals surface area contributed by atoms with Crippen molar-refractivity contribution in [1.82, 2.24) is 10.3 Å². The highest BCUT2D eigenvalue weighted by atomic mass is 32.1. The summed E-state index contributed by atoms with van der Waals surface area (Å²) in [6.45, 7) is 4.28. The fourth-order valence-corrected chi connectivity index (χ4v) is 3.14. The molecule has 0 unspecified atom stereocenters. The van der Waals surface area contributed by atoms with Gasteiger partial charge in [-0.25, -0.2) is 9.37 Å². The summed E-state index contributed by atoms with van der Waals surface area (Å²) in [6.07, 6.45) is 0.122. The van der Waals surface area contributed by atoms with Gasteiger partial charge in [0.1, 0.15) is 22.3 Å². The van der Waals surface area contributed by atoms with Crippen molar-refractivity contribution in [3.05, 3.63) is 71.0 Å². The predicted octanol–water partition coefficient (Wildman–Crippen LogP) is 4.67. The minimum absolute atomic E-state index is 0.122. The van der Waals surface area contributed by atoms with Crippen molar-refractivity contribution in [2.24, 2.45) is 0 Å². The topological polar surface area (TPSA) is 51.2 Å². The summed E-state index contributed by atoms with van der Waals surface area (Å²) in [5, 5.41) is 5.29. The lowest BCUT2D eigenvalue weighted by Gasteiger charge is -2.09. The van der Waals surface area contributed by atoms with Crippen molar-refractivity contribution < 1.29 is 13.9 Å². The van der Waals surface area contributed by atoms with Crippen LogP contribution >= 0.6 is 11.3 Å². The van der Waals surface area contributed by atoms with Crippen LogP contribution in [0.4, 0.5) is 4.39 Å². The molecule has 0 aliphatic carbocycles. The van der Waals surface area contributed by atoms with E-state index in [9.17, 15) is 9.18 Å². The highest BCUT2D eigenvalue weighted by Crippen LogP contribution is 2.26. The molecule has 0 atom stereocenters. The molecule has 0 aliphatic rings.